The first-order valence-electron chi connectivity index (χ1n) is 9.35. The minimum atomic E-state index is -3.67. The monoisotopic (exact) mass is 402 g/mol. The molecule has 1 saturated carbocycles. The lowest BCUT2D eigenvalue weighted by Crippen LogP contribution is -2.28. The standard InChI is InChI=1S/C21H26N2O4S/c1-14-10-19(11-15(2)20(14)27-3)28(25,26)22-13-16-6-4-9-18(12-16)23-21(24)17-7-5-8-17/h4,6,9-12,17,22H,5,7-8,13H2,1-3H3,(H,23,24). The number of nitrogens with one attached hydrogen (secondary N) is 2. The Morgan fingerprint density at radius 2 is 1.82 bits per heavy atom. The van der Waals surface area contributed by atoms with Gasteiger partial charge in [-0.1, -0.05) is 18.6 Å². The van der Waals surface area contributed by atoms with Crippen LogP contribution in [0.5, 0.6) is 5.75 Å². The maximum atomic E-state index is 12.7. The number of ether oxygens (including phenoxy) is 1. The van der Waals surface area contributed by atoms with E-state index in [4.69, 9.17) is 4.74 Å². The molecule has 3 rings (SSSR count). The molecule has 150 valence electrons. The van der Waals surface area contributed by atoms with Gasteiger partial charge in [-0.15, -0.1) is 0 Å². The maximum absolute atomic E-state index is 12.7. The number of carbonyl (C=O) groups excluding carboxylic acids is 1. The molecule has 2 aromatic carbocycles. The average molecular weight is 403 g/mol. The summed E-state index contributed by atoms with van der Waals surface area (Å²) in [6, 6.07) is 10.4. The molecule has 0 heterocycles. The summed E-state index contributed by atoms with van der Waals surface area (Å²) < 4.78 is 33.3. The van der Waals surface area contributed by atoms with E-state index in [1.165, 1.54) is 0 Å². The fourth-order valence-corrected chi connectivity index (χ4v) is 4.51. The molecule has 0 atom stereocenters. The Hall–Kier alpha value is -2.38. The topological polar surface area (TPSA) is 84.5 Å². The SMILES string of the molecule is COc1c(C)cc(S(=O)(=O)NCc2cccc(NC(=O)C3CCC3)c2)cc1C. The highest BCUT2D eigenvalue weighted by molar-refractivity contribution is 7.89. The smallest absolute Gasteiger partial charge is 0.240 e. The number of anilines is 1. The zero-order valence-corrected chi connectivity index (χ0v) is 17.2. The summed E-state index contributed by atoms with van der Waals surface area (Å²) in [5.41, 5.74) is 2.99. The zero-order chi connectivity index (χ0) is 20.3. The molecule has 0 aliphatic heterocycles. The molecule has 28 heavy (non-hydrogen) atoms. The Morgan fingerprint density at radius 1 is 1.14 bits per heavy atom. The van der Waals surface area contributed by atoms with Crippen molar-refractivity contribution in [3.05, 3.63) is 53.1 Å². The summed E-state index contributed by atoms with van der Waals surface area (Å²) in [6.45, 7) is 3.78. The van der Waals surface area contributed by atoms with Crippen LogP contribution in [0.3, 0.4) is 0 Å². The maximum Gasteiger partial charge on any atom is 0.240 e. The van der Waals surface area contributed by atoms with Crippen LogP contribution < -0.4 is 14.8 Å². The molecule has 7 heteroatoms. The van der Waals surface area contributed by atoms with E-state index in [9.17, 15) is 13.2 Å². The molecule has 0 unspecified atom stereocenters. The number of benzene rings is 2. The molecule has 1 aliphatic carbocycles. The van der Waals surface area contributed by atoms with Gasteiger partial charge in [0.25, 0.3) is 0 Å². The summed E-state index contributed by atoms with van der Waals surface area (Å²) in [5.74, 6) is 0.825. The van der Waals surface area contributed by atoms with Gasteiger partial charge in [-0.3, -0.25) is 4.79 Å². The fraction of sp³-hybridized carbons (Fsp3) is 0.381. The van der Waals surface area contributed by atoms with Gasteiger partial charge < -0.3 is 10.1 Å². The second-order valence-electron chi connectivity index (χ2n) is 7.23. The van der Waals surface area contributed by atoms with Crippen molar-refractivity contribution in [2.24, 2.45) is 5.92 Å². The first-order chi connectivity index (χ1) is 13.3. The first kappa shape index (κ1) is 20.4. The van der Waals surface area contributed by atoms with Crippen LogP contribution in [0.15, 0.2) is 41.3 Å². The van der Waals surface area contributed by atoms with E-state index in [2.05, 4.69) is 10.0 Å². The van der Waals surface area contributed by atoms with Gasteiger partial charge in [0.05, 0.1) is 12.0 Å². The number of aryl methyl sites for hydroxylation is 2. The lowest BCUT2D eigenvalue weighted by molar-refractivity contribution is -0.122. The van der Waals surface area contributed by atoms with Crippen LogP contribution in [0.4, 0.5) is 5.69 Å². The van der Waals surface area contributed by atoms with Crippen molar-refractivity contribution in [2.45, 2.75) is 44.6 Å². The van der Waals surface area contributed by atoms with Crippen LogP contribution in [-0.4, -0.2) is 21.4 Å². The molecule has 0 bridgehead atoms. The van der Waals surface area contributed by atoms with Gasteiger partial charge in [-0.25, -0.2) is 13.1 Å². The highest BCUT2D eigenvalue weighted by atomic mass is 32.2. The van der Waals surface area contributed by atoms with Crippen LogP contribution in [0.1, 0.15) is 36.0 Å². The molecule has 0 spiro atoms. The van der Waals surface area contributed by atoms with E-state index in [1.807, 2.05) is 32.0 Å². The van der Waals surface area contributed by atoms with E-state index >= 15 is 0 Å². The molecule has 2 N–H and O–H groups in total. The van der Waals surface area contributed by atoms with Gasteiger partial charge >= 0.3 is 0 Å². The molecular weight excluding hydrogens is 376 g/mol. The molecule has 0 aromatic heterocycles. The summed E-state index contributed by atoms with van der Waals surface area (Å²) >= 11 is 0. The third-order valence-corrected chi connectivity index (χ3v) is 6.47. The molecule has 1 amide bonds. The van der Waals surface area contributed by atoms with E-state index < -0.39 is 10.0 Å². The van der Waals surface area contributed by atoms with Gasteiger partial charge in [0.1, 0.15) is 5.75 Å². The lowest BCUT2D eigenvalue weighted by Gasteiger charge is -2.24. The highest BCUT2D eigenvalue weighted by Gasteiger charge is 2.25. The van der Waals surface area contributed by atoms with Crippen LogP contribution in [-0.2, 0) is 21.4 Å². The quantitative estimate of drug-likeness (QED) is 0.742. The second-order valence-corrected chi connectivity index (χ2v) is 9.00. The average Bonchev–Trinajstić information content (AvgIpc) is 2.58. The normalized spacial score (nSPS) is 14.4. The van der Waals surface area contributed by atoms with Gasteiger partial charge in [-0.2, -0.15) is 0 Å². The van der Waals surface area contributed by atoms with Crippen LogP contribution in [0, 0.1) is 19.8 Å². The second kappa shape index (κ2) is 8.32. The van der Waals surface area contributed by atoms with Crippen molar-refractivity contribution in [2.75, 3.05) is 12.4 Å². The number of carbonyl (C=O) groups is 1. The molecule has 2 aromatic rings. The fourth-order valence-electron chi connectivity index (χ4n) is 3.32. The highest BCUT2D eigenvalue weighted by Crippen LogP contribution is 2.28. The number of sulfonamides is 1. The Kier molecular flexibility index (Phi) is 6.05. The largest absolute Gasteiger partial charge is 0.496 e. The van der Waals surface area contributed by atoms with Crippen LogP contribution >= 0.6 is 0 Å². The Morgan fingerprint density at radius 3 is 2.39 bits per heavy atom. The lowest BCUT2D eigenvalue weighted by atomic mass is 9.85. The Labute approximate surface area is 166 Å². The summed E-state index contributed by atoms with van der Waals surface area (Å²) in [5, 5.41) is 2.91. The van der Waals surface area contributed by atoms with Crippen molar-refractivity contribution in [3.8, 4) is 5.75 Å². The van der Waals surface area contributed by atoms with E-state index in [1.54, 1.807) is 25.3 Å². The summed E-state index contributed by atoms with van der Waals surface area (Å²) in [4.78, 5) is 12.3. The van der Waals surface area contributed by atoms with Crippen LogP contribution in [0.2, 0.25) is 0 Å². The Bertz CT molecular complexity index is 959. The van der Waals surface area contributed by atoms with Gasteiger partial charge in [-0.05, 0) is 67.6 Å². The zero-order valence-electron chi connectivity index (χ0n) is 16.4. The number of methoxy groups -OCH3 is 1. The molecule has 0 radical (unpaired) electrons. The third kappa shape index (κ3) is 4.54. The molecule has 1 aliphatic rings. The summed E-state index contributed by atoms with van der Waals surface area (Å²) in [6.07, 6.45) is 2.97. The van der Waals surface area contributed by atoms with Crippen molar-refractivity contribution >= 4 is 21.6 Å². The molecule has 0 saturated heterocycles. The third-order valence-electron chi connectivity index (χ3n) is 5.09. The van der Waals surface area contributed by atoms with E-state index in [-0.39, 0.29) is 23.3 Å². The first-order valence-corrected chi connectivity index (χ1v) is 10.8. The van der Waals surface area contributed by atoms with Gasteiger partial charge in [0.2, 0.25) is 15.9 Å². The summed E-state index contributed by atoms with van der Waals surface area (Å²) in [7, 11) is -2.10. The molecule has 6 nitrogen and oxygen atoms in total. The number of rotatable bonds is 7. The molecule has 1 fully saturated rings. The predicted octanol–water partition coefficient (Wildman–Crippen LogP) is 3.53. The van der Waals surface area contributed by atoms with Crippen molar-refractivity contribution < 1.29 is 17.9 Å². The van der Waals surface area contributed by atoms with Crippen LogP contribution in [0.25, 0.3) is 0 Å². The van der Waals surface area contributed by atoms with Crippen molar-refractivity contribution in [1.82, 2.24) is 4.72 Å². The van der Waals surface area contributed by atoms with E-state index in [0.29, 0.717) is 11.4 Å². The van der Waals surface area contributed by atoms with Gasteiger partial charge in [0.15, 0.2) is 0 Å². The number of hydrogen-bond donors (Lipinski definition) is 2. The number of amides is 1. The van der Waals surface area contributed by atoms with Gasteiger partial charge in [0, 0.05) is 18.2 Å². The number of hydrogen-bond acceptors (Lipinski definition) is 4. The predicted molar refractivity (Wildman–Crippen MR) is 109 cm³/mol. The van der Waals surface area contributed by atoms with E-state index in [0.717, 1.165) is 36.0 Å². The Balaban J connectivity index is 1.69. The van der Waals surface area contributed by atoms with Crippen molar-refractivity contribution in [3.63, 3.8) is 0 Å². The van der Waals surface area contributed by atoms with Crippen molar-refractivity contribution in [1.29, 1.82) is 0 Å². The minimum Gasteiger partial charge on any atom is -0.496 e. The minimum absolute atomic E-state index is 0.0353. The molecular formula is C21H26N2O4S.